The van der Waals surface area contributed by atoms with Gasteiger partial charge in [0.05, 0.1) is 12.2 Å². The molecule has 0 aliphatic heterocycles. The third-order valence-corrected chi connectivity index (χ3v) is 7.04. The second-order valence-electron chi connectivity index (χ2n) is 6.81. The van der Waals surface area contributed by atoms with Gasteiger partial charge in [0.15, 0.2) is 0 Å². The van der Waals surface area contributed by atoms with Crippen LogP contribution in [0.1, 0.15) is 31.1 Å². The van der Waals surface area contributed by atoms with E-state index in [4.69, 9.17) is 4.74 Å². The molecule has 1 N–H and O–H groups in total. The van der Waals surface area contributed by atoms with Crippen molar-refractivity contribution < 1.29 is 17.9 Å². The molecule has 30 heavy (non-hydrogen) atoms. The first-order chi connectivity index (χ1) is 14.3. The second-order valence-corrected chi connectivity index (χ2v) is 8.72. The Hall–Kier alpha value is -2.84. The number of amides is 1. The van der Waals surface area contributed by atoms with E-state index in [0.29, 0.717) is 30.9 Å². The fourth-order valence-corrected chi connectivity index (χ4v) is 5.10. The van der Waals surface area contributed by atoms with E-state index in [1.807, 2.05) is 35.9 Å². The number of carbonyl (C=O) groups is 1. The maximum atomic E-state index is 13.1. The van der Waals surface area contributed by atoms with E-state index in [-0.39, 0.29) is 16.6 Å². The number of para-hydroxylation sites is 1. The van der Waals surface area contributed by atoms with Crippen molar-refractivity contribution in [3.63, 3.8) is 0 Å². The Morgan fingerprint density at radius 2 is 1.80 bits per heavy atom. The van der Waals surface area contributed by atoms with E-state index in [2.05, 4.69) is 5.32 Å². The lowest BCUT2D eigenvalue weighted by Gasteiger charge is -2.21. The van der Waals surface area contributed by atoms with Crippen LogP contribution in [-0.4, -0.2) is 42.9 Å². The van der Waals surface area contributed by atoms with E-state index in [9.17, 15) is 13.2 Å². The van der Waals surface area contributed by atoms with Crippen molar-refractivity contribution in [2.45, 2.75) is 25.7 Å². The lowest BCUT2D eigenvalue weighted by molar-refractivity contribution is 0.102. The number of hydrogen-bond acceptors (Lipinski definition) is 4. The molecule has 0 saturated heterocycles. The third kappa shape index (κ3) is 4.06. The molecule has 0 saturated carbocycles. The van der Waals surface area contributed by atoms with Crippen LogP contribution in [-0.2, 0) is 17.1 Å². The van der Waals surface area contributed by atoms with Crippen molar-refractivity contribution in [3.8, 4) is 5.75 Å². The van der Waals surface area contributed by atoms with Gasteiger partial charge in [0.2, 0.25) is 10.0 Å². The van der Waals surface area contributed by atoms with Gasteiger partial charge in [0.1, 0.15) is 10.6 Å². The molecule has 0 unspecified atom stereocenters. The van der Waals surface area contributed by atoms with Gasteiger partial charge in [-0.25, -0.2) is 8.42 Å². The number of benzene rings is 2. The summed E-state index contributed by atoms with van der Waals surface area (Å²) in [6.07, 6.45) is 1.77. The van der Waals surface area contributed by atoms with Crippen LogP contribution in [0.3, 0.4) is 0 Å². The highest BCUT2D eigenvalue weighted by Crippen LogP contribution is 2.30. The summed E-state index contributed by atoms with van der Waals surface area (Å²) in [5, 5.41) is 3.66. The topological polar surface area (TPSA) is 80.6 Å². The first-order valence-corrected chi connectivity index (χ1v) is 11.4. The highest BCUT2D eigenvalue weighted by Gasteiger charge is 2.26. The van der Waals surface area contributed by atoms with Crippen molar-refractivity contribution >= 4 is 32.5 Å². The van der Waals surface area contributed by atoms with Crippen molar-refractivity contribution in [2.24, 2.45) is 7.05 Å². The summed E-state index contributed by atoms with van der Waals surface area (Å²) in [7, 11) is -1.87. The lowest BCUT2D eigenvalue weighted by Crippen LogP contribution is -2.31. The molecule has 7 nitrogen and oxygen atoms in total. The molecule has 8 heteroatoms. The van der Waals surface area contributed by atoms with Crippen molar-refractivity contribution in [1.29, 1.82) is 0 Å². The van der Waals surface area contributed by atoms with Crippen LogP contribution in [0.25, 0.3) is 10.9 Å². The zero-order valence-corrected chi connectivity index (χ0v) is 18.5. The molecule has 0 aliphatic carbocycles. The minimum atomic E-state index is -3.75. The molecule has 0 radical (unpaired) electrons. The maximum Gasteiger partial charge on any atom is 0.257 e. The van der Waals surface area contributed by atoms with Gasteiger partial charge in [-0.05, 0) is 31.2 Å². The first kappa shape index (κ1) is 21.9. The molecule has 2 aromatic carbocycles. The van der Waals surface area contributed by atoms with Crippen LogP contribution in [0.15, 0.2) is 53.6 Å². The van der Waals surface area contributed by atoms with E-state index >= 15 is 0 Å². The standard InChI is InChI=1S/C22H27N3O4S/c1-5-25(6-2)30(27,28)21-14-16(12-13-20(21)29-7-3)23-22(26)18-15-24(4)19-11-9-8-10-17(18)19/h8-15H,5-7H2,1-4H3,(H,23,26). The van der Waals surface area contributed by atoms with Gasteiger partial charge in [0.25, 0.3) is 5.91 Å². The summed E-state index contributed by atoms with van der Waals surface area (Å²) in [6.45, 7) is 6.39. The van der Waals surface area contributed by atoms with E-state index in [1.165, 1.54) is 10.4 Å². The van der Waals surface area contributed by atoms with E-state index < -0.39 is 10.0 Å². The molecule has 0 bridgehead atoms. The summed E-state index contributed by atoms with van der Waals surface area (Å²) < 4.78 is 35.0. The van der Waals surface area contributed by atoms with E-state index in [0.717, 1.165) is 10.9 Å². The average Bonchev–Trinajstić information content (AvgIpc) is 3.07. The Balaban J connectivity index is 2.00. The summed E-state index contributed by atoms with van der Waals surface area (Å²) in [5.41, 5.74) is 1.86. The van der Waals surface area contributed by atoms with Crippen LogP contribution >= 0.6 is 0 Å². The number of nitrogens with one attached hydrogen (secondary N) is 1. The molecule has 0 fully saturated rings. The minimum Gasteiger partial charge on any atom is -0.492 e. The average molecular weight is 430 g/mol. The first-order valence-electron chi connectivity index (χ1n) is 9.95. The molecule has 0 aliphatic rings. The molecule has 160 valence electrons. The van der Waals surface area contributed by atoms with Gasteiger partial charge in [-0.2, -0.15) is 4.31 Å². The second kappa shape index (κ2) is 8.89. The highest BCUT2D eigenvalue weighted by atomic mass is 32.2. The van der Waals surface area contributed by atoms with Crippen LogP contribution < -0.4 is 10.1 Å². The van der Waals surface area contributed by atoms with Crippen LogP contribution in [0.2, 0.25) is 0 Å². The number of carbonyl (C=O) groups excluding carboxylic acids is 1. The minimum absolute atomic E-state index is 0.0452. The van der Waals surface area contributed by atoms with Gasteiger partial charge in [-0.1, -0.05) is 32.0 Å². The SMILES string of the molecule is CCOc1ccc(NC(=O)c2cn(C)c3ccccc23)cc1S(=O)(=O)N(CC)CC. The van der Waals surface area contributed by atoms with Crippen molar-refractivity contribution in [3.05, 3.63) is 54.2 Å². The highest BCUT2D eigenvalue weighted by molar-refractivity contribution is 7.89. The Kier molecular flexibility index (Phi) is 6.48. The predicted octanol–water partition coefficient (Wildman–Crippen LogP) is 3.86. The lowest BCUT2D eigenvalue weighted by atomic mass is 10.1. The number of ether oxygens (including phenoxy) is 1. The number of rotatable bonds is 8. The molecular weight excluding hydrogens is 402 g/mol. The molecule has 1 heterocycles. The fourth-order valence-electron chi connectivity index (χ4n) is 3.49. The van der Waals surface area contributed by atoms with Crippen LogP contribution in [0.4, 0.5) is 5.69 Å². The molecule has 3 aromatic rings. The number of aromatic nitrogens is 1. The van der Waals surface area contributed by atoms with Gasteiger partial charge in [0, 0.05) is 42.9 Å². The number of anilines is 1. The largest absolute Gasteiger partial charge is 0.492 e. The van der Waals surface area contributed by atoms with Crippen LogP contribution in [0, 0.1) is 0 Å². The van der Waals surface area contributed by atoms with E-state index in [1.54, 1.807) is 39.1 Å². The fraction of sp³-hybridized carbons (Fsp3) is 0.318. The molecular formula is C22H27N3O4S. The number of hydrogen-bond donors (Lipinski definition) is 1. The predicted molar refractivity (Wildman–Crippen MR) is 119 cm³/mol. The van der Waals surface area contributed by atoms with Crippen molar-refractivity contribution in [2.75, 3.05) is 25.0 Å². The van der Waals surface area contributed by atoms with Gasteiger partial charge in [-0.3, -0.25) is 4.79 Å². The summed E-state index contributed by atoms with van der Waals surface area (Å²) >= 11 is 0. The van der Waals surface area contributed by atoms with Crippen LogP contribution in [0.5, 0.6) is 5.75 Å². The Morgan fingerprint density at radius 3 is 2.47 bits per heavy atom. The normalized spacial score (nSPS) is 11.8. The molecule has 0 atom stereocenters. The maximum absolute atomic E-state index is 13.1. The molecule has 1 amide bonds. The monoisotopic (exact) mass is 429 g/mol. The number of sulfonamides is 1. The number of nitrogens with zero attached hydrogens (tertiary/aromatic N) is 2. The Bertz CT molecular complexity index is 1160. The molecule has 0 spiro atoms. The van der Waals surface area contributed by atoms with Crippen molar-refractivity contribution in [1.82, 2.24) is 8.87 Å². The zero-order chi connectivity index (χ0) is 21.9. The summed E-state index contributed by atoms with van der Waals surface area (Å²) in [6, 6.07) is 12.3. The third-order valence-electron chi connectivity index (χ3n) is 4.97. The Morgan fingerprint density at radius 1 is 1.10 bits per heavy atom. The quantitative estimate of drug-likeness (QED) is 0.590. The Labute approximate surface area is 177 Å². The van der Waals surface area contributed by atoms with Gasteiger partial charge < -0.3 is 14.6 Å². The summed E-state index contributed by atoms with van der Waals surface area (Å²) in [5.74, 6) is -0.0327. The molecule has 3 rings (SSSR count). The smallest absolute Gasteiger partial charge is 0.257 e. The number of fused-ring (bicyclic) bond motifs is 1. The summed E-state index contributed by atoms with van der Waals surface area (Å²) in [4.78, 5) is 13.0. The van der Waals surface area contributed by atoms with Gasteiger partial charge in [-0.15, -0.1) is 0 Å². The zero-order valence-electron chi connectivity index (χ0n) is 17.7. The van der Waals surface area contributed by atoms with Gasteiger partial charge >= 0.3 is 0 Å². The number of aryl methyl sites for hydroxylation is 1. The molecule has 1 aromatic heterocycles.